The van der Waals surface area contributed by atoms with Crippen LogP contribution >= 0.6 is 0 Å². The number of benzene rings is 3. The maximum atomic E-state index is 12.0. The van der Waals surface area contributed by atoms with Crippen molar-refractivity contribution in [1.29, 1.82) is 0 Å². The van der Waals surface area contributed by atoms with Crippen LogP contribution in [0.5, 0.6) is 23.0 Å². The van der Waals surface area contributed by atoms with E-state index in [4.69, 9.17) is 18.9 Å². The van der Waals surface area contributed by atoms with Gasteiger partial charge >= 0.3 is 23.9 Å². The average Bonchev–Trinajstić information content (AvgIpc) is 3.32. The molecule has 0 fully saturated rings. The minimum atomic E-state index is -0.800. The van der Waals surface area contributed by atoms with E-state index in [1.165, 1.54) is 36.7 Å². The molecule has 0 spiro atoms. The highest BCUT2D eigenvalue weighted by atomic mass is 16.6. The van der Waals surface area contributed by atoms with Crippen molar-refractivity contribution in [2.45, 2.75) is 27.7 Å². The summed E-state index contributed by atoms with van der Waals surface area (Å²) in [6, 6.07) is 16.8. The zero-order valence-electron chi connectivity index (χ0n) is 22.8. The van der Waals surface area contributed by atoms with Crippen molar-refractivity contribution in [2.75, 3.05) is 0 Å². The predicted molar refractivity (Wildman–Crippen MR) is 146 cm³/mol. The zero-order valence-corrected chi connectivity index (χ0v) is 22.8. The van der Waals surface area contributed by atoms with E-state index in [2.05, 4.69) is 5.10 Å². The number of nitro groups is 1. The van der Waals surface area contributed by atoms with Crippen molar-refractivity contribution in [3.63, 3.8) is 0 Å². The third-order valence-electron chi connectivity index (χ3n) is 5.49. The summed E-state index contributed by atoms with van der Waals surface area (Å²) >= 11 is 0. The number of esters is 4. The first-order valence-electron chi connectivity index (χ1n) is 12.3. The summed E-state index contributed by atoms with van der Waals surface area (Å²) in [6.45, 7) is 4.59. The van der Waals surface area contributed by atoms with Gasteiger partial charge in [0.15, 0.2) is 28.7 Å². The first-order chi connectivity index (χ1) is 19.9. The van der Waals surface area contributed by atoms with Gasteiger partial charge in [0.1, 0.15) is 5.69 Å². The number of carbonyl (C=O) groups excluding carboxylic acids is 4. The molecule has 214 valence electrons. The molecule has 1 heterocycles. The fraction of sp³-hybridized carbons (Fsp3) is 0.138. The zero-order chi connectivity index (χ0) is 30.6. The first kappa shape index (κ1) is 29.1. The molecule has 0 saturated carbocycles. The molecular weight excluding hydrogens is 550 g/mol. The summed E-state index contributed by atoms with van der Waals surface area (Å²) < 4.78 is 22.8. The Kier molecular flexibility index (Phi) is 8.41. The lowest BCUT2D eigenvalue weighted by molar-refractivity contribution is -0.385. The highest BCUT2D eigenvalue weighted by Gasteiger charge is 2.28. The van der Waals surface area contributed by atoms with Crippen LogP contribution in [0, 0.1) is 10.1 Å². The summed E-state index contributed by atoms with van der Waals surface area (Å²) in [7, 11) is 0. The maximum Gasteiger partial charge on any atom is 0.308 e. The van der Waals surface area contributed by atoms with Gasteiger partial charge in [-0.15, -0.1) is 0 Å². The Morgan fingerprint density at radius 2 is 1.17 bits per heavy atom. The van der Waals surface area contributed by atoms with Crippen molar-refractivity contribution in [1.82, 2.24) is 9.78 Å². The van der Waals surface area contributed by atoms with Gasteiger partial charge in [0.05, 0.1) is 28.3 Å². The van der Waals surface area contributed by atoms with Gasteiger partial charge < -0.3 is 18.9 Å². The normalized spacial score (nSPS) is 10.5. The van der Waals surface area contributed by atoms with E-state index in [0.29, 0.717) is 11.3 Å². The Labute approximate surface area is 238 Å². The van der Waals surface area contributed by atoms with Crippen molar-refractivity contribution in [3.8, 4) is 51.2 Å². The van der Waals surface area contributed by atoms with Crippen LogP contribution in [0.15, 0.2) is 66.7 Å². The third-order valence-corrected chi connectivity index (χ3v) is 5.49. The molecule has 4 rings (SSSR count). The Hall–Kier alpha value is -5.85. The number of carbonyl (C=O) groups is 4. The van der Waals surface area contributed by atoms with Crippen molar-refractivity contribution < 1.29 is 43.0 Å². The van der Waals surface area contributed by atoms with Gasteiger partial charge in [-0.25, -0.2) is 4.68 Å². The molecular formula is C29H23N3O10. The number of nitro benzene ring substituents is 1. The third kappa shape index (κ3) is 6.47. The lowest BCUT2D eigenvalue weighted by Crippen LogP contribution is -2.11. The molecule has 0 saturated heterocycles. The van der Waals surface area contributed by atoms with Crippen LogP contribution in [0.3, 0.4) is 0 Å². The number of rotatable bonds is 8. The molecule has 13 heteroatoms. The second-order valence-electron chi connectivity index (χ2n) is 8.74. The molecule has 0 amide bonds. The minimum Gasteiger partial charge on any atom is -0.426 e. The van der Waals surface area contributed by atoms with Crippen LogP contribution in [-0.4, -0.2) is 38.6 Å². The maximum absolute atomic E-state index is 12.0. The van der Waals surface area contributed by atoms with Crippen LogP contribution < -0.4 is 18.9 Å². The number of ether oxygens (including phenoxy) is 4. The number of hydrogen-bond acceptors (Lipinski definition) is 11. The lowest BCUT2D eigenvalue weighted by atomic mass is 10.1. The van der Waals surface area contributed by atoms with E-state index >= 15 is 0 Å². The number of nitrogens with zero attached hydrogens (tertiary/aromatic N) is 3. The standard InChI is InChI=1S/C29H23N3O10/c1-16(33)39-24-11-8-12-25(40-17(2)34)29(24)31-23(20-9-6-5-7-10-20)15-22(30-31)28-26(41-18(3)35)13-21(32(37)38)14-27(28)42-19(4)36/h5-15H,1-4H3. The molecule has 1 aromatic heterocycles. The molecule has 0 aliphatic carbocycles. The van der Waals surface area contributed by atoms with Crippen LogP contribution in [0.4, 0.5) is 5.69 Å². The molecule has 0 aliphatic rings. The van der Waals surface area contributed by atoms with Gasteiger partial charge in [-0.05, 0) is 18.2 Å². The second-order valence-corrected chi connectivity index (χ2v) is 8.74. The van der Waals surface area contributed by atoms with Crippen molar-refractivity contribution in [2.24, 2.45) is 0 Å². The van der Waals surface area contributed by atoms with Crippen LogP contribution in [0.25, 0.3) is 28.2 Å². The number of hydrogen-bond donors (Lipinski definition) is 0. The van der Waals surface area contributed by atoms with Crippen LogP contribution in [-0.2, 0) is 19.2 Å². The lowest BCUT2D eigenvalue weighted by Gasteiger charge is -2.16. The first-order valence-corrected chi connectivity index (χ1v) is 12.3. The van der Waals surface area contributed by atoms with Gasteiger partial charge in [-0.1, -0.05) is 36.4 Å². The van der Waals surface area contributed by atoms with E-state index in [9.17, 15) is 29.3 Å². The van der Waals surface area contributed by atoms with E-state index in [1.54, 1.807) is 36.4 Å². The molecule has 0 aliphatic heterocycles. The molecule has 0 N–H and O–H groups in total. The quantitative estimate of drug-likeness (QED) is 0.123. The van der Waals surface area contributed by atoms with Crippen LogP contribution in [0.2, 0.25) is 0 Å². The smallest absolute Gasteiger partial charge is 0.308 e. The van der Waals surface area contributed by atoms with Gasteiger partial charge in [0.25, 0.3) is 5.69 Å². The summed E-state index contributed by atoms with van der Waals surface area (Å²) in [6.07, 6.45) is 0. The minimum absolute atomic E-state index is 0.00259. The Morgan fingerprint density at radius 1 is 0.690 bits per heavy atom. The van der Waals surface area contributed by atoms with Crippen LogP contribution in [0.1, 0.15) is 27.7 Å². The van der Waals surface area contributed by atoms with E-state index in [-0.39, 0.29) is 39.9 Å². The summed E-state index contributed by atoms with van der Waals surface area (Å²) in [5.41, 5.74) is 0.528. The second kappa shape index (κ2) is 12.1. The monoisotopic (exact) mass is 573 g/mol. The Bertz CT molecular complexity index is 1660. The molecule has 4 aromatic rings. The van der Waals surface area contributed by atoms with Crippen molar-refractivity contribution in [3.05, 3.63) is 76.8 Å². The van der Waals surface area contributed by atoms with Gasteiger partial charge in [-0.2, -0.15) is 5.10 Å². The van der Waals surface area contributed by atoms with E-state index in [1.807, 2.05) is 0 Å². The largest absolute Gasteiger partial charge is 0.426 e. The fourth-order valence-electron chi connectivity index (χ4n) is 4.08. The SMILES string of the molecule is CC(=O)Oc1cc([N+](=O)[O-])cc(OC(C)=O)c1-c1cc(-c2ccccc2)n(-c2c(OC(C)=O)cccc2OC(C)=O)n1. The van der Waals surface area contributed by atoms with Crippen molar-refractivity contribution >= 4 is 29.6 Å². The summed E-state index contributed by atoms with van der Waals surface area (Å²) in [5.74, 6) is -3.52. The molecule has 42 heavy (non-hydrogen) atoms. The molecule has 13 nitrogen and oxygen atoms in total. The van der Waals surface area contributed by atoms with Gasteiger partial charge in [-0.3, -0.25) is 29.3 Å². The highest BCUT2D eigenvalue weighted by molar-refractivity contribution is 5.86. The molecule has 0 atom stereocenters. The van der Waals surface area contributed by atoms with Gasteiger partial charge in [0, 0.05) is 33.3 Å². The number of para-hydroxylation sites is 1. The van der Waals surface area contributed by atoms with E-state index in [0.717, 1.165) is 26.0 Å². The topological polar surface area (TPSA) is 166 Å². The summed E-state index contributed by atoms with van der Waals surface area (Å²) in [5, 5.41) is 16.3. The number of non-ortho nitro benzene ring substituents is 1. The molecule has 0 unspecified atom stereocenters. The Balaban J connectivity index is 2.12. The van der Waals surface area contributed by atoms with Gasteiger partial charge in [0.2, 0.25) is 0 Å². The molecule has 3 aromatic carbocycles. The highest BCUT2D eigenvalue weighted by Crippen LogP contribution is 2.44. The molecule has 0 bridgehead atoms. The summed E-state index contributed by atoms with van der Waals surface area (Å²) in [4.78, 5) is 58.8. The molecule has 0 radical (unpaired) electrons. The Morgan fingerprint density at radius 3 is 1.62 bits per heavy atom. The fourth-order valence-corrected chi connectivity index (χ4v) is 4.08. The number of aromatic nitrogens is 2. The van der Waals surface area contributed by atoms with E-state index < -0.39 is 34.5 Å². The predicted octanol–water partition coefficient (Wildman–Crippen LogP) is 4.82. The average molecular weight is 574 g/mol.